The molecule has 0 heterocycles. The minimum absolute atomic E-state index is 0.552. The van der Waals surface area contributed by atoms with Crippen molar-refractivity contribution in [2.75, 3.05) is 0 Å². The van der Waals surface area contributed by atoms with Crippen LogP contribution in [0.2, 0.25) is 0 Å². The maximum atomic E-state index is 5.03. The van der Waals surface area contributed by atoms with Crippen molar-refractivity contribution >= 4 is 41.1 Å². The van der Waals surface area contributed by atoms with E-state index in [2.05, 4.69) is 34.6 Å². The number of nitrogens with zero attached hydrogens (tertiary/aromatic N) is 1. The lowest BCUT2D eigenvalue weighted by atomic mass is 10.6. The Labute approximate surface area is 89.9 Å². The molecule has 12 heavy (non-hydrogen) atoms. The van der Waals surface area contributed by atoms with Gasteiger partial charge in [0.1, 0.15) is 0 Å². The fraction of sp³-hybridized carbons (Fsp3) is 0.750. The van der Waals surface area contributed by atoms with Crippen molar-refractivity contribution in [2.24, 2.45) is 0 Å². The Bertz CT molecular complexity index is 135. The molecular weight excluding hydrogens is 206 g/mol. The van der Waals surface area contributed by atoms with Crippen molar-refractivity contribution in [3.8, 4) is 0 Å². The molecular formula is C8H16NS3. The lowest BCUT2D eigenvalue weighted by Gasteiger charge is -2.23. The quantitative estimate of drug-likeness (QED) is 0.528. The third-order valence-corrected chi connectivity index (χ3v) is 3.41. The molecule has 0 aliphatic rings. The highest BCUT2D eigenvalue weighted by Crippen LogP contribution is 2.28. The summed E-state index contributed by atoms with van der Waals surface area (Å²) in [6, 6.07) is 0. The van der Waals surface area contributed by atoms with E-state index in [1.165, 1.54) is 0 Å². The summed E-state index contributed by atoms with van der Waals surface area (Å²) in [5.41, 5.74) is 0. The predicted octanol–water partition coefficient (Wildman–Crippen LogP) is 3.56. The van der Waals surface area contributed by atoms with E-state index in [0.29, 0.717) is 15.5 Å². The van der Waals surface area contributed by atoms with Crippen molar-refractivity contribution in [1.82, 2.24) is 3.71 Å². The summed E-state index contributed by atoms with van der Waals surface area (Å²) >= 11 is 8.48. The molecule has 0 aromatic carbocycles. The highest BCUT2D eigenvalue weighted by atomic mass is 32.2. The largest absolute Gasteiger partial charge is 0.251 e. The Morgan fingerprint density at radius 3 is 1.67 bits per heavy atom. The van der Waals surface area contributed by atoms with Crippen LogP contribution >= 0.6 is 36.1 Å². The van der Waals surface area contributed by atoms with Gasteiger partial charge in [-0.25, -0.2) is 0 Å². The van der Waals surface area contributed by atoms with Gasteiger partial charge < -0.3 is 0 Å². The van der Waals surface area contributed by atoms with E-state index < -0.39 is 0 Å². The molecule has 4 heteroatoms. The van der Waals surface area contributed by atoms with Gasteiger partial charge in [0.15, 0.2) is 0 Å². The number of thiocarbonyl (C=S) groups is 1. The fourth-order valence-corrected chi connectivity index (χ4v) is 3.02. The van der Waals surface area contributed by atoms with Crippen LogP contribution in [0.5, 0.6) is 0 Å². The molecule has 0 amide bonds. The zero-order valence-corrected chi connectivity index (χ0v) is 10.5. The zero-order chi connectivity index (χ0) is 9.72. The van der Waals surface area contributed by atoms with E-state index in [1.54, 1.807) is 23.9 Å². The van der Waals surface area contributed by atoms with Gasteiger partial charge in [0.05, 0.1) is 4.99 Å². The van der Waals surface area contributed by atoms with Gasteiger partial charge in [0.2, 0.25) is 0 Å². The Morgan fingerprint density at radius 1 is 1.17 bits per heavy atom. The molecule has 0 aliphatic carbocycles. The van der Waals surface area contributed by atoms with Gasteiger partial charge >= 0.3 is 0 Å². The van der Waals surface area contributed by atoms with Crippen LogP contribution in [-0.2, 0) is 0 Å². The molecule has 0 aromatic rings. The summed E-state index contributed by atoms with van der Waals surface area (Å²) in [6.07, 6.45) is 0. The van der Waals surface area contributed by atoms with Crippen molar-refractivity contribution in [3.63, 3.8) is 0 Å². The fourth-order valence-electron chi connectivity index (χ4n) is 0.525. The third kappa shape index (κ3) is 6.14. The van der Waals surface area contributed by atoms with Crippen LogP contribution < -0.4 is 0 Å². The van der Waals surface area contributed by atoms with Crippen molar-refractivity contribution in [2.45, 2.75) is 38.2 Å². The summed E-state index contributed by atoms with van der Waals surface area (Å²) in [6.45, 7) is 12.4. The van der Waals surface area contributed by atoms with Crippen molar-refractivity contribution in [1.29, 1.82) is 0 Å². The molecule has 0 fully saturated rings. The van der Waals surface area contributed by atoms with Crippen LogP contribution in [0.4, 0.5) is 0 Å². The van der Waals surface area contributed by atoms with Crippen LogP contribution in [0.25, 0.3) is 0 Å². The molecule has 0 rings (SSSR count). The Hall–Kier alpha value is 0.590. The minimum Gasteiger partial charge on any atom is -0.251 e. The van der Waals surface area contributed by atoms with E-state index in [-0.39, 0.29) is 0 Å². The first-order chi connectivity index (χ1) is 5.43. The molecule has 0 bridgehead atoms. The second-order valence-electron chi connectivity index (χ2n) is 2.96. The molecule has 0 saturated carbocycles. The number of hydrogen-bond donors (Lipinski definition) is 0. The van der Waals surface area contributed by atoms with E-state index >= 15 is 0 Å². The van der Waals surface area contributed by atoms with Gasteiger partial charge in [0, 0.05) is 17.4 Å². The first kappa shape index (κ1) is 12.6. The molecule has 1 nitrogen and oxygen atoms in total. The van der Waals surface area contributed by atoms with Crippen LogP contribution in [0.15, 0.2) is 0 Å². The molecule has 0 spiro atoms. The van der Waals surface area contributed by atoms with Gasteiger partial charge in [-0.3, -0.25) is 3.71 Å². The molecule has 0 N–H and O–H groups in total. The molecule has 1 radical (unpaired) electrons. The van der Waals surface area contributed by atoms with E-state index in [4.69, 9.17) is 12.2 Å². The lowest BCUT2D eigenvalue weighted by Crippen LogP contribution is -2.16. The number of hydrogen-bond acceptors (Lipinski definition) is 3. The van der Waals surface area contributed by atoms with E-state index in [9.17, 15) is 0 Å². The van der Waals surface area contributed by atoms with Crippen LogP contribution in [-0.4, -0.2) is 19.2 Å². The van der Waals surface area contributed by atoms with Crippen LogP contribution in [0.1, 0.15) is 27.7 Å². The zero-order valence-electron chi connectivity index (χ0n) is 8.03. The van der Waals surface area contributed by atoms with Crippen molar-refractivity contribution in [3.05, 3.63) is 6.92 Å². The summed E-state index contributed by atoms with van der Waals surface area (Å²) in [7, 11) is 0. The minimum atomic E-state index is 0.552. The summed E-state index contributed by atoms with van der Waals surface area (Å²) in [4.78, 5) is 0.701. The van der Waals surface area contributed by atoms with Crippen LogP contribution in [0, 0.1) is 6.92 Å². The summed E-state index contributed by atoms with van der Waals surface area (Å²) < 4.78 is 2.02. The molecule has 0 saturated heterocycles. The maximum Gasteiger partial charge on any atom is 0.0998 e. The third-order valence-electron chi connectivity index (χ3n) is 0.817. The average Bonchev–Trinajstić information content (AvgIpc) is 1.83. The summed E-state index contributed by atoms with van der Waals surface area (Å²) in [5.74, 6) is 0. The smallest absolute Gasteiger partial charge is 0.0998 e. The van der Waals surface area contributed by atoms with Gasteiger partial charge in [-0.05, 0) is 23.9 Å². The highest BCUT2D eigenvalue weighted by molar-refractivity contribution is 8.14. The molecule has 0 aliphatic heterocycles. The van der Waals surface area contributed by atoms with Crippen LogP contribution in [0.3, 0.4) is 0 Å². The topological polar surface area (TPSA) is 3.24 Å². The first-order valence-corrected chi connectivity index (χ1v) is 6.01. The Balaban J connectivity index is 3.96. The lowest BCUT2D eigenvalue weighted by molar-refractivity contribution is 1.02. The Morgan fingerprint density at radius 2 is 1.50 bits per heavy atom. The predicted molar refractivity (Wildman–Crippen MR) is 65.2 cm³/mol. The molecule has 71 valence electrons. The van der Waals surface area contributed by atoms with E-state index in [0.717, 1.165) is 0 Å². The van der Waals surface area contributed by atoms with Gasteiger partial charge in [0.25, 0.3) is 0 Å². The second-order valence-corrected chi connectivity index (χ2v) is 6.70. The number of rotatable bonds is 4. The molecule has 0 unspecified atom stereocenters. The van der Waals surface area contributed by atoms with Gasteiger partial charge in [-0.2, -0.15) is 0 Å². The van der Waals surface area contributed by atoms with Gasteiger partial charge in [-0.1, -0.05) is 39.9 Å². The molecule has 0 aromatic heterocycles. The SMILES string of the molecule is [CH2]C(=S)N(SC(C)C)SC(C)C. The monoisotopic (exact) mass is 222 g/mol. The summed E-state index contributed by atoms with van der Waals surface area (Å²) in [5, 5.41) is 1.10. The normalized spacial score (nSPS) is 10.9. The van der Waals surface area contributed by atoms with E-state index in [1.807, 2.05) is 3.71 Å². The average molecular weight is 222 g/mol. The first-order valence-electron chi connectivity index (χ1n) is 3.93. The maximum absolute atomic E-state index is 5.03. The second kappa shape index (κ2) is 6.11. The van der Waals surface area contributed by atoms with Crippen molar-refractivity contribution < 1.29 is 0 Å². The highest BCUT2D eigenvalue weighted by Gasteiger charge is 2.11. The standard InChI is InChI=1S/C8H16NS3/c1-6(2)11-9(8(5)10)12-7(3)4/h6-7H,5H2,1-4H3. The Kier molecular flexibility index (Phi) is 6.41. The molecule has 0 atom stereocenters. The van der Waals surface area contributed by atoms with Gasteiger partial charge in [-0.15, -0.1) is 0 Å².